The van der Waals surface area contributed by atoms with Gasteiger partial charge in [-0.05, 0) is 18.4 Å². The molecule has 2 aromatic heterocycles. The van der Waals surface area contributed by atoms with E-state index in [1.54, 1.807) is 22.8 Å². The molecule has 1 aliphatic carbocycles. The summed E-state index contributed by atoms with van der Waals surface area (Å²) in [6, 6.07) is 7.68. The van der Waals surface area contributed by atoms with E-state index in [0.717, 1.165) is 19.3 Å². The third-order valence-electron chi connectivity index (χ3n) is 6.60. The van der Waals surface area contributed by atoms with Crippen LogP contribution in [0.5, 0.6) is 0 Å². The molecule has 1 saturated carbocycles. The lowest BCUT2D eigenvalue weighted by atomic mass is 9.87. The van der Waals surface area contributed by atoms with E-state index in [1.807, 2.05) is 0 Å². The van der Waals surface area contributed by atoms with Crippen molar-refractivity contribution in [3.63, 3.8) is 0 Å². The van der Waals surface area contributed by atoms with E-state index in [4.69, 9.17) is 0 Å². The van der Waals surface area contributed by atoms with Gasteiger partial charge >= 0.3 is 0 Å². The Bertz CT molecular complexity index is 1320. The fourth-order valence-corrected chi connectivity index (χ4v) is 4.77. The van der Waals surface area contributed by atoms with Gasteiger partial charge in [0.15, 0.2) is 5.65 Å². The second-order valence-electron chi connectivity index (χ2n) is 8.97. The summed E-state index contributed by atoms with van der Waals surface area (Å²) in [6.45, 7) is 0.624. The van der Waals surface area contributed by atoms with Crippen LogP contribution in [0.1, 0.15) is 44.1 Å². The Morgan fingerprint density at radius 1 is 0.914 bits per heavy atom. The number of fused-ring (bicyclic) bond motifs is 1. The molecule has 9 heteroatoms. The Kier molecular flexibility index (Phi) is 6.66. The van der Waals surface area contributed by atoms with Gasteiger partial charge in [0.1, 0.15) is 34.6 Å². The van der Waals surface area contributed by atoms with Crippen LogP contribution in [0.2, 0.25) is 0 Å². The molecular formula is C26H25F4N5. The van der Waals surface area contributed by atoms with Crippen molar-refractivity contribution in [2.75, 3.05) is 5.32 Å². The molecule has 0 atom stereocenters. The largest absolute Gasteiger partial charge is 0.350 e. The number of imidazole rings is 1. The number of halogens is 4. The van der Waals surface area contributed by atoms with E-state index in [-0.39, 0.29) is 24.1 Å². The summed E-state index contributed by atoms with van der Waals surface area (Å²) >= 11 is 0. The van der Waals surface area contributed by atoms with Gasteiger partial charge in [0, 0.05) is 30.8 Å². The second-order valence-corrected chi connectivity index (χ2v) is 8.97. The third kappa shape index (κ3) is 4.99. The van der Waals surface area contributed by atoms with Crippen LogP contribution in [0.3, 0.4) is 0 Å². The number of nitrogens with one attached hydrogen (secondary N) is 1. The predicted molar refractivity (Wildman–Crippen MR) is 126 cm³/mol. The Labute approximate surface area is 200 Å². The number of rotatable bonds is 7. The van der Waals surface area contributed by atoms with Crippen LogP contribution >= 0.6 is 0 Å². The number of hydrogen-bond acceptors (Lipinski definition) is 4. The van der Waals surface area contributed by atoms with Gasteiger partial charge < -0.3 is 9.88 Å². The molecule has 0 spiro atoms. The van der Waals surface area contributed by atoms with Gasteiger partial charge in [-0.3, -0.25) is 0 Å². The molecule has 0 saturated heterocycles. The van der Waals surface area contributed by atoms with Crippen molar-refractivity contribution in [2.24, 2.45) is 5.92 Å². The van der Waals surface area contributed by atoms with Crippen molar-refractivity contribution < 1.29 is 17.6 Å². The number of anilines is 1. The fraction of sp³-hybridized carbons (Fsp3) is 0.346. The fourth-order valence-electron chi connectivity index (χ4n) is 4.77. The minimum Gasteiger partial charge on any atom is -0.350 e. The van der Waals surface area contributed by atoms with E-state index in [1.165, 1.54) is 31.5 Å². The SMILES string of the molecule is Fc1cc(F)c(-c2nc3cnc(NCc4ccccc4F)nc3n2CCC2CCCCC2)c(F)c1. The van der Waals surface area contributed by atoms with Crippen molar-refractivity contribution in [1.82, 2.24) is 19.5 Å². The monoisotopic (exact) mass is 483 g/mol. The van der Waals surface area contributed by atoms with Crippen LogP contribution in [0.25, 0.3) is 22.6 Å². The Hall–Kier alpha value is -3.49. The molecule has 182 valence electrons. The predicted octanol–water partition coefficient (Wildman–Crippen LogP) is 6.63. The normalized spacial score (nSPS) is 14.5. The molecule has 1 fully saturated rings. The minimum atomic E-state index is -1.03. The molecule has 0 amide bonds. The van der Waals surface area contributed by atoms with E-state index >= 15 is 0 Å². The van der Waals surface area contributed by atoms with Crippen LogP contribution in [-0.4, -0.2) is 19.5 Å². The van der Waals surface area contributed by atoms with Gasteiger partial charge in [-0.25, -0.2) is 27.5 Å². The molecular weight excluding hydrogens is 458 g/mol. The molecule has 2 aromatic carbocycles. The van der Waals surface area contributed by atoms with Crippen LogP contribution < -0.4 is 5.32 Å². The standard InChI is InChI=1S/C26H25F4N5/c27-18-12-20(29)23(21(30)13-18)25-33-22-15-32-26(31-14-17-8-4-5-9-19(17)28)34-24(22)35(25)11-10-16-6-2-1-3-7-16/h4-5,8-9,12-13,15-16H,1-3,6-7,10-11,14H2,(H,31,32,34). The first-order chi connectivity index (χ1) is 17.0. The molecule has 35 heavy (non-hydrogen) atoms. The lowest BCUT2D eigenvalue weighted by Gasteiger charge is -2.22. The van der Waals surface area contributed by atoms with Gasteiger partial charge in [-0.15, -0.1) is 0 Å². The first kappa shape index (κ1) is 23.3. The van der Waals surface area contributed by atoms with Crippen molar-refractivity contribution in [1.29, 1.82) is 0 Å². The number of hydrogen-bond donors (Lipinski definition) is 1. The Balaban J connectivity index is 1.52. The van der Waals surface area contributed by atoms with E-state index in [0.29, 0.717) is 41.3 Å². The van der Waals surface area contributed by atoms with Gasteiger partial charge in [0.25, 0.3) is 0 Å². The molecule has 0 radical (unpaired) electrons. The minimum absolute atomic E-state index is 0.0476. The van der Waals surface area contributed by atoms with Crippen molar-refractivity contribution in [2.45, 2.75) is 51.6 Å². The average Bonchev–Trinajstić information content (AvgIpc) is 3.19. The summed E-state index contributed by atoms with van der Waals surface area (Å²) in [5.74, 6) is -2.59. The molecule has 1 aliphatic rings. The highest BCUT2D eigenvalue weighted by Gasteiger charge is 2.23. The second kappa shape index (κ2) is 10.0. The summed E-state index contributed by atoms with van der Waals surface area (Å²) in [7, 11) is 0. The molecule has 0 aliphatic heterocycles. The maximum absolute atomic E-state index is 14.7. The lowest BCUT2D eigenvalue weighted by molar-refractivity contribution is 0.325. The van der Waals surface area contributed by atoms with Crippen LogP contribution in [0.4, 0.5) is 23.5 Å². The molecule has 5 nitrogen and oxygen atoms in total. The topological polar surface area (TPSA) is 55.6 Å². The Morgan fingerprint density at radius 2 is 1.66 bits per heavy atom. The van der Waals surface area contributed by atoms with Gasteiger partial charge in [0.2, 0.25) is 5.95 Å². The summed E-state index contributed by atoms with van der Waals surface area (Å²) in [5.41, 5.74) is 0.834. The number of nitrogens with zero attached hydrogens (tertiary/aromatic N) is 4. The molecule has 0 bridgehead atoms. The summed E-state index contributed by atoms with van der Waals surface area (Å²) < 4.78 is 58.6. The van der Waals surface area contributed by atoms with E-state index in [2.05, 4.69) is 20.3 Å². The van der Waals surface area contributed by atoms with Crippen molar-refractivity contribution >= 4 is 17.1 Å². The van der Waals surface area contributed by atoms with Gasteiger partial charge in [-0.2, -0.15) is 4.98 Å². The highest BCUT2D eigenvalue weighted by molar-refractivity contribution is 5.77. The first-order valence-corrected chi connectivity index (χ1v) is 11.8. The summed E-state index contributed by atoms with van der Waals surface area (Å²) in [5, 5.41) is 3.00. The number of aryl methyl sites for hydroxylation is 1. The summed E-state index contributed by atoms with van der Waals surface area (Å²) in [4.78, 5) is 13.2. The maximum atomic E-state index is 14.7. The highest BCUT2D eigenvalue weighted by atomic mass is 19.1. The van der Waals surface area contributed by atoms with Gasteiger partial charge in [0.05, 0.1) is 11.8 Å². The third-order valence-corrected chi connectivity index (χ3v) is 6.60. The number of aromatic nitrogens is 4. The quantitative estimate of drug-likeness (QED) is 0.300. The van der Waals surface area contributed by atoms with Crippen LogP contribution in [0, 0.1) is 29.2 Å². The first-order valence-electron chi connectivity index (χ1n) is 11.8. The van der Waals surface area contributed by atoms with Crippen LogP contribution in [0.15, 0.2) is 42.6 Å². The lowest BCUT2D eigenvalue weighted by Crippen LogP contribution is -2.12. The van der Waals surface area contributed by atoms with Gasteiger partial charge in [-0.1, -0.05) is 50.3 Å². The zero-order valence-electron chi connectivity index (χ0n) is 19.1. The number of benzene rings is 2. The van der Waals surface area contributed by atoms with E-state index in [9.17, 15) is 17.6 Å². The van der Waals surface area contributed by atoms with Crippen molar-refractivity contribution in [3.05, 3.63) is 71.4 Å². The highest BCUT2D eigenvalue weighted by Crippen LogP contribution is 2.32. The van der Waals surface area contributed by atoms with Crippen LogP contribution in [-0.2, 0) is 13.1 Å². The zero-order valence-corrected chi connectivity index (χ0v) is 19.1. The summed E-state index contributed by atoms with van der Waals surface area (Å²) in [6.07, 6.45) is 8.09. The molecule has 1 N–H and O–H groups in total. The molecule has 0 unspecified atom stereocenters. The smallest absolute Gasteiger partial charge is 0.225 e. The molecule has 5 rings (SSSR count). The maximum Gasteiger partial charge on any atom is 0.225 e. The molecule has 4 aromatic rings. The van der Waals surface area contributed by atoms with Crippen molar-refractivity contribution in [3.8, 4) is 11.4 Å². The average molecular weight is 484 g/mol. The van der Waals surface area contributed by atoms with E-state index < -0.39 is 23.0 Å². The zero-order chi connectivity index (χ0) is 24.4. The Morgan fingerprint density at radius 3 is 2.40 bits per heavy atom. The molecule has 2 heterocycles.